The zero-order chi connectivity index (χ0) is 24.3. The number of aromatic nitrogens is 2. The molecule has 1 aromatic rings. The largest absolute Gasteiger partial charge is 0.428 e. The van der Waals surface area contributed by atoms with Crippen molar-refractivity contribution in [2.45, 2.75) is 63.4 Å². The SMILES string of the molecule is CO[C@@H]1C(O[Si](C)(C)C(C)(C)C)[C@@H](CONP(=O)(OC)OC)O[C@H]1n1ccc(=O)[nH]c1=O. The normalized spacial score (nSPS) is 24.8. The first kappa shape index (κ1) is 27.1. The molecule has 1 fully saturated rings. The van der Waals surface area contributed by atoms with Crippen LogP contribution in [0.25, 0.3) is 0 Å². The summed E-state index contributed by atoms with van der Waals surface area (Å²) in [5.41, 5.74) is -1.16. The van der Waals surface area contributed by atoms with Crippen LogP contribution in [0.1, 0.15) is 27.0 Å². The fraction of sp³-hybridized carbons (Fsp3) is 0.778. The van der Waals surface area contributed by atoms with Crippen molar-refractivity contribution in [3.05, 3.63) is 33.1 Å². The van der Waals surface area contributed by atoms with Gasteiger partial charge in [-0.05, 0) is 18.1 Å². The third-order valence-electron chi connectivity index (χ3n) is 5.82. The van der Waals surface area contributed by atoms with Crippen LogP contribution in [0.15, 0.2) is 21.9 Å². The third-order valence-corrected chi connectivity index (χ3v) is 11.6. The van der Waals surface area contributed by atoms with E-state index in [0.29, 0.717) is 0 Å². The Balaban J connectivity index is 2.35. The van der Waals surface area contributed by atoms with Crippen molar-refractivity contribution in [1.29, 1.82) is 0 Å². The van der Waals surface area contributed by atoms with Gasteiger partial charge >= 0.3 is 13.4 Å². The molecule has 1 unspecified atom stereocenters. The number of H-pyrrole nitrogens is 1. The van der Waals surface area contributed by atoms with Crippen molar-refractivity contribution in [3.8, 4) is 0 Å². The van der Waals surface area contributed by atoms with E-state index < -0.39 is 51.9 Å². The summed E-state index contributed by atoms with van der Waals surface area (Å²) in [7, 11) is -1.99. The fourth-order valence-electron chi connectivity index (χ4n) is 2.95. The average molecular weight is 496 g/mol. The van der Waals surface area contributed by atoms with Crippen LogP contribution in [0.5, 0.6) is 0 Å². The molecule has 4 atom stereocenters. The smallest absolute Gasteiger partial charge is 0.408 e. The van der Waals surface area contributed by atoms with Gasteiger partial charge < -0.3 is 13.9 Å². The van der Waals surface area contributed by atoms with E-state index in [1.54, 1.807) is 0 Å². The van der Waals surface area contributed by atoms with Gasteiger partial charge in [0.05, 0.1) is 6.61 Å². The first-order valence-electron chi connectivity index (χ1n) is 10.1. The van der Waals surface area contributed by atoms with Gasteiger partial charge in [-0.25, -0.2) is 9.36 Å². The topological polar surface area (TPSA) is 139 Å². The summed E-state index contributed by atoms with van der Waals surface area (Å²) in [6.45, 7) is 10.4. The van der Waals surface area contributed by atoms with E-state index in [4.69, 9.17) is 27.8 Å². The lowest BCUT2D eigenvalue weighted by atomic mass is 10.1. The fourth-order valence-corrected chi connectivity index (χ4v) is 4.80. The summed E-state index contributed by atoms with van der Waals surface area (Å²) in [4.78, 5) is 31.5. The van der Waals surface area contributed by atoms with Gasteiger partial charge in [0.2, 0.25) is 0 Å². The number of nitrogens with zero attached hydrogens (tertiary/aromatic N) is 1. The Hall–Kier alpha value is -1.15. The van der Waals surface area contributed by atoms with Gasteiger partial charge in [-0.3, -0.25) is 28.2 Å². The maximum Gasteiger partial charge on any atom is 0.428 e. The second kappa shape index (κ2) is 10.4. The standard InChI is InChI=1S/C18H34N3O9PSi/c1-18(2,3)32(7,8)30-14-12(11-28-20-31(24,26-5)27-6)29-16(15(14)25-4)21-10-9-13(22)19-17(21)23/h9-10,12,14-16H,11H2,1-8H3,(H,20,24)(H,19,22,23)/t12-,14?,15-,16-/m1/s1. The number of ether oxygens (including phenoxy) is 2. The second-order valence-electron chi connectivity index (χ2n) is 8.89. The quantitative estimate of drug-likeness (QED) is 0.280. The minimum absolute atomic E-state index is 0.107. The van der Waals surface area contributed by atoms with Crippen LogP contribution >= 0.6 is 7.75 Å². The van der Waals surface area contributed by atoms with E-state index in [9.17, 15) is 14.2 Å². The molecule has 0 bridgehead atoms. The van der Waals surface area contributed by atoms with Crippen LogP contribution in [0.2, 0.25) is 18.1 Å². The number of methoxy groups -OCH3 is 1. The Morgan fingerprint density at radius 1 is 1.19 bits per heavy atom. The van der Waals surface area contributed by atoms with Crippen molar-refractivity contribution in [1.82, 2.24) is 14.8 Å². The van der Waals surface area contributed by atoms with Gasteiger partial charge in [0, 0.05) is 33.6 Å². The molecule has 184 valence electrons. The molecule has 32 heavy (non-hydrogen) atoms. The second-order valence-corrected chi connectivity index (χ2v) is 15.6. The van der Waals surface area contributed by atoms with Gasteiger partial charge in [-0.15, -0.1) is 5.25 Å². The lowest BCUT2D eigenvalue weighted by Gasteiger charge is -2.40. The van der Waals surface area contributed by atoms with Gasteiger partial charge in [-0.1, -0.05) is 20.8 Å². The van der Waals surface area contributed by atoms with Crippen LogP contribution < -0.4 is 16.5 Å². The van der Waals surface area contributed by atoms with Crippen LogP contribution in [-0.2, 0) is 32.3 Å². The van der Waals surface area contributed by atoms with Crippen LogP contribution in [0.3, 0.4) is 0 Å². The van der Waals surface area contributed by atoms with Crippen LogP contribution in [0.4, 0.5) is 0 Å². The summed E-state index contributed by atoms with van der Waals surface area (Å²) in [5.74, 6) is 0. The number of rotatable bonds is 10. The van der Waals surface area contributed by atoms with Gasteiger partial charge in [-0.2, -0.15) is 0 Å². The van der Waals surface area contributed by atoms with E-state index in [0.717, 1.165) is 0 Å². The molecular formula is C18H34N3O9PSi. The number of nitrogens with one attached hydrogen (secondary N) is 2. The molecule has 14 heteroatoms. The average Bonchev–Trinajstić information content (AvgIpc) is 3.03. The molecule has 0 aliphatic carbocycles. The van der Waals surface area contributed by atoms with Crippen molar-refractivity contribution in [2.24, 2.45) is 0 Å². The van der Waals surface area contributed by atoms with Crippen molar-refractivity contribution in [2.75, 3.05) is 27.9 Å². The summed E-state index contributed by atoms with van der Waals surface area (Å²) >= 11 is 0. The molecule has 2 heterocycles. The van der Waals surface area contributed by atoms with Crippen molar-refractivity contribution < 1.29 is 32.3 Å². The van der Waals surface area contributed by atoms with Crippen LogP contribution in [-0.4, -0.2) is 64.1 Å². The third kappa shape index (κ3) is 6.04. The van der Waals surface area contributed by atoms with E-state index in [-0.39, 0.29) is 11.6 Å². The van der Waals surface area contributed by atoms with E-state index >= 15 is 0 Å². The minimum atomic E-state index is -3.62. The molecule has 0 spiro atoms. The Labute approximate surface area is 188 Å². The van der Waals surface area contributed by atoms with Crippen molar-refractivity contribution >= 4 is 16.1 Å². The maximum absolute atomic E-state index is 12.4. The number of aromatic amines is 1. The lowest BCUT2D eigenvalue weighted by molar-refractivity contribution is -0.0811. The molecule has 1 saturated heterocycles. The van der Waals surface area contributed by atoms with E-state index in [2.05, 4.69) is 44.1 Å². The predicted octanol–water partition coefficient (Wildman–Crippen LogP) is 1.76. The molecule has 0 saturated carbocycles. The summed E-state index contributed by atoms with van der Waals surface area (Å²) in [6.07, 6.45) is -1.54. The maximum atomic E-state index is 12.4. The van der Waals surface area contributed by atoms with E-state index in [1.807, 2.05) is 0 Å². The Morgan fingerprint density at radius 2 is 1.81 bits per heavy atom. The zero-order valence-corrected chi connectivity index (χ0v) is 21.6. The number of hydrogen-bond donors (Lipinski definition) is 2. The van der Waals surface area contributed by atoms with Gasteiger partial charge in [0.15, 0.2) is 14.5 Å². The van der Waals surface area contributed by atoms with Gasteiger partial charge in [0.1, 0.15) is 18.3 Å². The van der Waals surface area contributed by atoms with Crippen molar-refractivity contribution in [3.63, 3.8) is 0 Å². The highest BCUT2D eigenvalue weighted by Gasteiger charge is 2.51. The lowest BCUT2D eigenvalue weighted by Crippen LogP contribution is -2.50. The number of hydrogen-bond acceptors (Lipinski definition) is 9. The predicted molar refractivity (Wildman–Crippen MR) is 119 cm³/mol. The molecule has 2 N–H and O–H groups in total. The molecule has 2 rings (SSSR count). The molecule has 1 aromatic heterocycles. The summed E-state index contributed by atoms with van der Waals surface area (Å²) in [6, 6.07) is 1.22. The first-order valence-corrected chi connectivity index (χ1v) is 14.5. The highest BCUT2D eigenvalue weighted by Crippen LogP contribution is 2.43. The molecule has 0 amide bonds. The van der Waals surface area contributed by atoms with Gasteiger partial charge in [0.25, 0.3) is 5.56 Å². The zero-order valence-electron chi connectivity index (χ0n) is 19.7. The minimum Gasteiger partial charge on any atom is -0.408 e. The van der Waals surface area contributed by atoms with Crippen LogP contribution in [0, 0.1) is 0 Å². The Kier molecular flexibility index (Phi) is 8.81. The first-order chi connectivity index (χ1) is 14.8. The molecule has 1 aliphatic rings. The molecule has 0 aromatic carbocycles. The molecule has 0 radical (unpaired) electrons. The Morgan fingerprint density at radius 3 is 2.31 bits per heavy atom. The molecule has 1 aliphatic heterocycles. The van der Waals surface area contributed by atoms with E-state index in [1.165, 1.54) is 38.2 Å². The Bertz CT molecular complexity index is 921. The highest BCUT2D eigenvalue weighted by molar-refractivity contribution is 7.51. The highest BCUT2D eigenvalue weighted by atomic mass is 31.2. The summed E-state index contributed by atoms with van der Waals surface area (Å²) < 4.78 is 41.4. The molecular weight excluding hydrogens is 461 g/mol. The molecule has 12 nitrogen and oxygen atoms in total. The summed E-state index contributed by atoms with van der Waals surface area (Å²) in [5, 5.41) is 2.16. The monoisotopic (exact) mass is 495 g/mol.